The second-order valence-corrected chi connectivity index (χ2v) is 4.25. The molecule has 0 bridgehead atoms. The molecule has 21 heavy (non-hydrogen) atoms. The van der Waals surface area contributed by atoms with Gasteiger partial charge in [0.15, 0.2) is 5.82 Å². The van der Waals surface area contributed by atoms with Crippen molar-refractivity contribution < 1.29 is 23.5 Å². The van der Waals surface area contributed by atoms with E-state index in [0.717, 1.165) is 12.3 Å². The summed E-state index contributed by atoms with van der Waals surface area (Å²) in [7, 11) is 0. The zero-order valence-electron chi connectivity index (χ0n) is 10.9. The average molecular weight is 292 g/mol. The number of hydrogen-bond donors (Lipinski definition) is 2. The lowest BCUT2D eigenvalue weighted by Crippen LogP contribution is -2.15. The molecule has 0 atom stereocenters. The zero-order valence-corrected chi connectivity index (χ0v) is 10.9. The molecular weight excluding hydrogens is 282 g/mol. The van der Waals surface area contributed by atoms with Gasteiger partial charge in [0.05, 0.1) is 11.1 Å². The predicted octanol–water partition coefficient (Wildman–Crippen LogP) is 2.62. The van der Waals surface area contributed by atoms with E-state index in [4.69, 9.17) is 5.11 Å². The number of nitrogens with zero attached hydrogens (tertiary/aromatic N) is 1. The van der Waals surface area contributed by atoms with Gasteiger partial charge < -0.3 is 10.4 Å². The van der Waals surface area contributed by atoms with Crippen LogP contribution in [0.4, 0.5) is 14.5 Å². The van der Waals surface area contributed by atoms with Crippen molar-refractivity contribution in [2.24, 2.45) is 0 Å². The minimum Gasteiger partial charge on any atom is -0.478 e. The van der Waals surface area contributed by atoms with Crippen LogP contribution in [0, 0.1) is 18.7 Å². The van der Waals surface area contributed by atoms with Crippen LogP contribution in [0.1, 0.15) is 26.3 Å². The van der Waals surface area contributed by atoms with E-state index in [-0.39, 0.29) is 11.3 Å². The molecule has 0 spiro atoms. The number of benzene rings is 1. The number of halogens is 2. The van der Waals surface area contributed by atoms with E-state index >= 15 is 0 Å². The molecule has 2 aromatic rings. The van der Waals surface area contributed by atoms with Crippen molar-refractivity contribution in [3.63, 3.8) is 0 Å². The summed E-state index contributed by atoms with van der Waals surface area (Å²) in [5, 5.41) is 11.3. The maximum absolute atomic E-state index is 13.4. The number of pyridine rings is 1. The number of rotatable bonds is 3. The number of carboxylic acids is 1. The summed E-state index contributed by atoms with van der Waals surface area (Å²) in [6.07, 6.45) is 0.978. The minimum atomic E-state index is -1.36. The summed E-state index contributed by atoms with van der Waals surface area (Å²) in [6.45, 7) is 1.56. The Bertz CT molecular complexity index is 732. The van der Waals surface area contributed by atoms with Crippen LogP contribution < -0.4 is 5.32 Å². The van der Waals surface area contributed by atoms with E-state index in [1.807, 2.05) is 0 Å². The monoisotopic (exact) mass is 292 g/mol. The Hall–Kier alpha value is -2.83. The molecule has 1 amide bonds. The Balaban J connectivity index is 2.26. The van der Waals surface area contributed by atoms with Crippen LogP contribution in [0.15, 0.2) is 30.5 Å². The first-order chi connectivity index (χ1) is 9.90. The Morgan fingerprint density at radius 1 is 1.19 bits per heavy atom. The van der Waals surface area contributed by atoms with E-state index < -0.39 is 29.2 Å². The van der Waals surface area contributed by atoms with Gasteiger partial charge in [-0.15, -0.1) is 0 Å². The summed E-state index contributed by atoms with van der Waals surface area (Å²) in [5.41, 5.74) is 0.317. The lowest BCUT2D eigenvalue weighted by atomic mass is 10.1. The number of amides is 1. The zero-order chi connectivity index (χ0) is 15.6. The quantitative estimate of drug-likeness (QED) is 0.852. The Morgan fingerprint density at radius 3 is 2.52 bits per heavy atom. The summed E-state index contributed by atoms with van der Waals surface area (Å²) < 4.78 is 26.4. The first-order valence-electron chi connectivity index (χ1n) is 5.85. The van der Waals surface area contributed by atoms with Crippen molar-refractivity contribution in [3.8, 4) is 0 Å². The summed E-state index contributed by atoms with van der Waals surface area (Å²) in [5.74, 6) is -4.64. The first kappa shape index (κ1) is 14.6. The first-order valence-corrected chi connectivity index (χ1v) is 5.85. The van der Waals surface area contributed by atoms with Crippen LogP contribution in [-0.2, 0) is 0 Å². The Morgan fingerprint density at radius 2 is 1.90 bits per heavy atom. The maximum atomic E-state index is 13.4. The molecule has 0 fully saturated rings. The van der Waals surface area contributed by atoms with Gasteiger partial charge in [0.2, 0.25) is 5.95 Å². The highest BCUT2D eigenvalue weighted by molar-refractivity contribution is 6.04. The molecule has 1 aromatic heterocycles. The third-order valence-corrected chi connectivity index (χ3v) is 2.81. The number of aromatic carboxylic acids is 1. The number of aryl methyl sites for hydroxylation is 1. The molecule has 108 valence electrons. The summed E-state index contributed by atoms with van der Waals surface area (Å²) in [4.78, 5) is 25.8. The standard InChI is InChI=1S/C14H10F2N2O3/c1-7-6-8(2-3-9(7)14(20)21)18-13(19)10-4-5-17-12(16)11(10)15/h2-6H,1H3,(H,18,19)(H,20,21). The number of carboxylic acid groups (broad SMARTS) is 1. The van der Waals surface area contributed by atoms with Crippen molar-refractivity contribution >= 4 is 17.6 Å². The number of nitrogens with one attached hydrogen (secondary N) is 1. The topological polar surface area (TPSA) is 79.3 Å². The molecule has 0 saturated carbocycles. The van der Waals surface area contributed by atoms with Crippen LogP contribution in [0.25, 0.3) is 0 Å². The number of hydrogen-bond acceptors (Lipinski definition) is 3. The number of carbonyl (C=O) groups is 2. The smallest absolute Gasteiger partial charge is 0.335 e. The van der Waals surface area contributed by atoms with Crippen LogP contribution >= 0.6 is 0 Å². The molecule has 0 unspecified atom stereocenters. The number of carbonyl (C=O) groups excluding carboxylic acids is 1. The molecule has 0 saturated heterocycles. The van der Waals surface area contributed by atoms with Crippen LogP contribution in [0.5, 0.6) is 0 Å². The van der Waals surface area contributed by atoms with E-state index in [9.17, 15) is 18.4 Å². The average Bonchev–Trinajstić information content (AvgIpc) is 2.41. The molecular formula is C14H10F2N2O3. The number of anilines is 1. The van der Waals surface area contributed by atoms with Crippen molar-refractivity contribution in [2.75, 3.05) is 5.32 Å². The van der Waals surface area contributed by atoms with Gasteiger partial charge >= 0.3 is 5.97 Å². The van der Waals surface area contributed by atoms with Gasteiger partial charge in [-0.05, 0) is 36.8 Å². The van der Waals surface area contributed by atoms with E-state index in [1.165, 1.54) is 18.2 Å². The van der Waals surface area contributed by atoms with E-state index in [0.29, 0.717) is 5.56 Å². The second-order valence-electron chi connectivity index (χ2n) is 4.25. The highest BCUT2D eigenvalue weighted by Gasteiger charge is 2.16. The van der Waals surface area contributed by atoms with Crippen LogP contribution in [0.3, 0.4) is 0 Å². The van der Waals surface area contributed by atoms with Crippen LogP contribution in [-0.4, -0.2) is 22.0 Å². The largest absolute Gasteiger partial charge is 0.478 e. The second kappa shape index (κ2) is 5.66. The van der Waals surface area contributed by atoms with Gasteiger partial charge in [0.25, 0.3) is 5.91 Å². The Labute approximate surface area is 118 Å². The molecule has 5 nitrogen and oxygen atoms in total. The normalized spacial score (nSPS) is 10.2. The SMILES string of the molecule is Cc1cc(NC(=O)c2ccnc(F)c2F)ccc1C(=O)O. The predicted molar refractivity (Wildman–Crippen MR) is 70.2 cm³/mol. The fraction of sp³-hybridized carbons (Fsp3) is 0.0714. The van der Waals surface area contributed by atoms with E-state index in [2.05, 4.69) is 10.3 Å². The van der Waals surface area contributed by atoms with Gasteiger partial charge in [-0.3, -0.25) is 4.79 Å². The minimum absolute atomic E-state index is 0.0918. The molecule has 0 aliphatic carbocycles. The highest BCUT2D eigenvalue weighted by Crippen LogP contribution is 2.17. The third-order valence-electron chi connectivity index (χ3n) is 2.81. The molecule has 7 heteroatoms. The van der Waals surface area contributed by atoms with Crippen molar-refractivity contribution in [1.82, 2.24) is 4.98 Å². The van der Waals surface area contributed by atoms with E-state index in [1.54, 1.807) is 6.92 Å². The van der Waals surface area contributed by atoms with Gasteiger partial charge in [-0.25, -0.2) is 14.2 Å². The van der Waals surface area contributed by atoms with Gasteiger partial charge in [0.1, 0.15) is 0 Å². The summed E-state index contributed by atoms with van der Waals surface area (Å²) >= 11 is 0. The maximum Gasteiger partial charge on any atom is 0.335 e. The molecule has 0 radical (unpaired) electrons. The highest BCUT2D eigenvalue weighted by atomic mass is 19.2. The van der Waals surface area contributed by atoms with Gasteiger partial charge in [-0.2, -0.15) is 4.39 Å². The Kier molecular flexibility index (Phi) is 3.93. The fourth-order valence-corrected chi connectivity index (χ4v) is 1.77. The summed E-state index contributed by atoms with van der Waals surface area (Å²) in [6, 6.07) is 5.16. The van der Waals surface area contributed by atoms with Crippen molar-refractivity contribution in [1.29, 1.82) is 0 Å². The molecule has 0 aliphatic heterocycles. The molecule has 1 heterocycles. The van der Waals surface area contributed by atoms with Gasteiger partial charge in [0, 0.05) is 11.9 Å². The molecule has 0 aliphatic rings. The fourth-order valence-electron chi connectivity index (χ4n) is 1.77. The van der Waals surface area contributed by atoms with Crippen molar-refractivity contribution in [3.05, 3.63) is 58.9 Å². The van der Waals surface area contributed by atoms with Crippen LogP contribution in [0.2, 0.25) is 0 Å². The molecule has 2 N–H and O–H groups in total. The number of aromatic nitrogens is 1. The molecule has 1 aromatic carbocycles. The third kappa shape index (κ3) is 3.02. The van der Waals surface area contributed by atoms with Crippen molar-refractivity contribution in [2.45, 2.75) is 6.92 Å². The van der Waals surface area contributed by atoms with Gasteiger partial charge in [-0.1, -0.05) is 0 Å². The lowest BCUT2D eigenvalue weighted by molar-refractivity contribution is 0.0696. The molecule has 2 rings (SSSR count). The lowest BCUT2D eigenvalue weighted by Gasteiger charge is -2.08.